The molecule has 2 aromatic carbocycles. The fourth-order valence-electron chi connectivity index (χ4n) is 3.47. The molecule has 4 nitrogen and oxygen atoms in total. The predicted molar refractivity (Wildman–Crippen MR) is 93.3 cm³/mol. The normalized spacial score (nSPS) is 19.3. The Morgan fingerprint density at radius 2 is 1.72 bits per heavy atom. The number of rotatable bonds is 4. The third-order valence-electron chi connectivity index (χ3n) is 4.84. The Morgan fingerprint density at radius 3 is 2.44 bits per heavy atom. The van der Waals surface area contributed by atoms with Gasteiger partial charge in [0.05, 0.1) is 18.9 Å². The van der Waals surface area contributed by atoms with E-state index in [-0.39, 0.29) is 5.82 Å². The van der Waals surface area contributed by atoms with Crippen molar-refractivity contribution in [1.82, 2.24) is 0 Å². The molecule has 1 spiro atoms. The van der Waals surface area contributed by atoms with Crippen molar-refractivity contribution < 1.29 is 18.6 Å². The van der Waals surface area contributed by atoms with Crippen molar-refractivity contribution in [2.75, 3.05) is 31.2 Å². The van der Waals surface area contributed by atoms with E-state index in [2.05, 4.69) is 4.90 Å². The Labute approximate surface area is 147 Å². The minimum absolute atomic E-state index is 0.289. The maximum atomic E-state index is 13.7. The zero-order valence-corrected chi connectivity index (χ0v) is 14.1. The van der Waals surface area contributed by atoms with Crippen LogP contribution in [0.25, 0.3) is 0 Å². The molecular formula is C20H22FNO3. The first kappa shape index (κ1) is 16.4. The van der Waals surface area contributed by atoms with Gasteiger partial charge in [-0.3, -0.25) is 0 Å². The summed E-state index contributed by atoms with van der Waals surface area (Å²) >= 11 is 0. The Kier molecular flexibility index (Phi) is 4.59. The second kappa shape index (κ2) is 7.02. The monoisotopic (exact) mass is 343 g/mol. The SMILES string of the molecule is Fc1ccc(N2CCC3(CC2)OCCO3)c(OCc2ccccc2)c1. The molecule has 0 radical (unpaired) electrons. The highest BCUT2D eigenvalue weighted by Crippen LogP contribution is 2.37. The minimum atomic E-state index is -0.415. The fourth-order valence-corrected chi connectivity index (χ4v) is 3.47. The predicted octanol–water partition coefficient (Wildman–Crippen LogP) is 3.75. The van der Waals surface area contributed by atoms with E-state index in [9.17, 15) is 4.39 Å². The Balaban J connectivity index is 1.48. The molecule has 0 unspecified atom stereocenters. The number of benzene rings is 2. The molecule has 25 heavy (non-hydrogen) atoms. The smallest absolute Gasteiger partial charge is 0.171 e. The first-order chi connectivity index (χ1) is 12.2. The van der Waals surface area contributed by atoms with E-state index in [0.717, 1.165) is 37.2 Å². The van der Waals surface area contributed by atoms with Crippen LogP contribution in [0, 0.1) is 5.82 Å². The first-order valence-corrected chi connectivity index (χ1v) is 8.73. The van der Waals surface area contributed by atoms with Crippen molar-refractivity contribution >= 4 is 5.69 Å². The maximum absolute atomic E-state index is 13.7. The fraction of sp³-hybridized carbons (Fsp3) is 0.400. The average molecular weight is 343 g/mol. The third kappa shape index (κ3) is 3.62. The topological polar surface area (TPSA) is 30.9 Å². The van der Waals surface area contributed by atoms with Crippen LogP contribution in [0.4, 0.5) is 10.1 Å². The van der Waals surface area contributed by atoms with Crippen LogP contribution in [0.5, 0.6) is 5.75 Å². The Morgan fingerprint density at radius 1 is 1.00 bits per heavy atom. The summed E-state index contributed by atoms with van der Waals surface area (Å²) < 4.78 is 31.2. The molecule has 2 aliphatic rings. The van der Waals surface area contributed by atoms with Crippen LogP contribution in [0.15, 0.2) is 48.5 Å². The van der Waals surface area contributed by atoms with Gasteiger partial charge in [-0.25, -0.2) is 4.39 Å². The van der Waals surface area contributed by atoms with Gasteiger partial charge in [0.2, 0.25) is 0 Å². The second-order valence-corrected chi connectivity index (χ2v) is 6.48. The highest BCUT2D eigenvalue weighted by atomic mass is 19.1. The summed E-state index contributed by atoms with van der Waals surface area (Å²) in [4.78, 5) is 2.22. The van der Waals surface area contributed by atoms with Crippen LogP contribution >= 0.6 is 0 Å². The van der Waals surface area contributed by atoms with Gasteiger partial charge in [0.15, 0.2) is 5.79 Å². The number of anilines is 1. The van der Waals surface area contributed by atoms with E-state index in [4.69, 9.17) is 14.2 Å². The molecule has 4 rings (SSSR count). The lowest BCUT2D eigenvalue weighted by Gasteiger charge is -2.39. The van der Waals surface area contributed by atoms with Crippen molar-refractivity contribution in [3.8, 4) is 5.75 Å². The first-order valence-electron chi connectivity index (χ1n) is 8.73. The van der Waals surface area contributed by atoms with Crippen molar-refractivity contribution in [2.45, 2.75) is 25.2 Å². The number of hydrogen-bond donors (Lipinski definition) is 0. The van der Waals surface area contributed by atoms with Crippen molar-refractivity contribution in [1.29, 1.82) is 0 Å². The second-order valence-electron chi connectivity index (χ2n) is 6.48. The molecule has 0 N–H and O–H groups in total. The summed E-state index contributed by atoms with van der Waals surface area (Å²) in [6.07, 6.45) is 1.62. The number of piperidine rings is 1. The number of ether oxygens (including phenoxy) is 3. The van der Waals surface area contributed by atoms with Crippen molar-refractivity contribution in [3.05, 3.63) is 59.9 Å². The third-order valence-corrected chi connectivity index (χ3v) is 4.84. The molecular weight excluding hydrogens is 321 g/mol. The van der Waals surface area contributed by atoms with Crippen LogP contribution in [0.1, 0.15) is 18.4 Å². The number of halogens is 1. The molecule has 0 bridgehead atoms. The molecule has 0 aliphatic carbocycles. The lowest BCUT2D eigenvalue weighted by molar-refractivity contribution is -0.169. The van der Waals surface area contributed by atoms with Crippen LogP contribution in [0.2, 0.25) is 0 Å². The number of nitrogens with zero attached hydrogens (tertiary/aromatic N) is 1. The standard InChI is InChI=1S/C20H22FNO3/c21-17-6-7-18(19(14-17)23-15-16-4-2-1-3-5-16)22-10-8-20(9-11-22)24-12-13-25-20/h1-7,14H,8-13,15H2. The van der Waals surface area contributed by atoms with Crippen LogP contribution in [-0.2, 0) is 16.1 Å². The molecule has 5 heteroatoms. The average Bonchev–Trinajstić information content (AvgIpc) is 3.10. The molecule has 2 fully saturated rings. The summed E-state index contributed by atoms with van der Waals surface area (Å²) in [5.41, 5.74) is 1.98. The molecule has 0 aromatic heterocycles. The van der Waals surface area contributed by atoms with Gasteiger partial charge in [-0.2, -0.15) is 0 Å². The summed E-state index contributed by atoms with van der Waals surface area (Å²) in [5.74, 6) is -0.127. The van der Waals surface area contributed by atoms with E-state index in [1.165, 1.54) is 12.1 Å². The van der Waals surface area contributed by atoms with E-state index in [1.807, 2.05) is 30.3 Å². The lowest BCUT2D eigenvalue weighted by Crippen LogP contribution is -2.45. The quantitative estimate of drug-likeness (QED) is 0.846. The molecule has 2 aromatic rings. The zero-order valence-electron chi connectivity index (χ0n) is 14.1. The van der Waals surface area contributed by atoms with E-state index in [1.54, 1.807) is 6.07 Å². The van der Waals surface area contributed by atoms with E-state index >= 15 is 0 Å². The Hall–Kier alpha value is -2.11. The van der Waals surface area contributed by atoms with Crippen LogP contribution in [0.3, 0.4) is 0 Å². The van der Waals surface area contributed by atoms with Gasteiger partial charge >= 0.3 is 0 Å². The number of hydrogen-bond acceptors (Lipinski definition) is 4. The summed E-state index contributed by atoms with van der Waals surface area (Å²) in [5, 5.41) is 0. The Bertz CT molecular complexity index is 706. The highest BCUT2D eigenvalue weighted by molar-refractivity contribution is 5.59. The van der Waals surface area contributed by atoms with Gasteiger partial charge in [-0.1, -0.05) is 30.3 Å². The van der Waals surface area contributed by atoms with Gasteiger partial charge in [0.25, 0.3) is 0 Å². The van der Waals surface area contributed by atoms with Crippen molar-refractivity contribution in [2.24, 2.45) is 0 Å². The molecule has 132 valence electrons. The van der Waals surface area contributed by atoms with E-state index < -0.39 is 5.79 Å². The van der Waals surface area contributed by atoms with Gasteiger partial charge in [0.1, 0.15) is 18.2 Å². The van der Waals surface area contributed by atoms with Crippen LogP contribution in [-0.4, -0.2) is 32.1 Å². The van der Waals surface area contributed by atoms with Crippen molar-refractivity contribution in [3.63, 3.8) is 0 Å². The molecule has 0 saturated carbocycles. The summed E-state index contributed by atoms with van der Waals surface area (Å²) in [7, 11) is 0. The van der Waals surface area contributed by atoms with Gasteiger partial charge in [-0.05, 0) is 17.7 Å². The van der Waals surface area contributed by atoms with Gasteiger partial charge < -0.3 is 19.1 Å². The summed E-state index contributed by atoms with van der Waals surface area (Å²) in [6, 6.07) is 14.6. The molecule has 2 aliphatic heterocycles. The largest absolute Gasteiger partial charge is 0.487 e. The highest BCUT2D eigenvalue weighted by Gasteiger charge is 2.40. The van der Waals surface area contributed by atoms with E-state index in [0.29, 0.717) is 25.6 Å². The van der Waals surface area contributed by atoms with Gasteiger partial charge in [-0.15, -0.1) is 0 Å². The van der Waals surface area contributed by atoms with Gasteiger partial charge in [0, 0.05) is 32.0 Å². The molecule has 0 amide bonds. The minimum Gasteiger partial charge on any atom is -0.487 e. The summed E-state index contributed by atoms with van der Waals surface area (Å²) in [6.45, 7) is 3.35. The molecule has 2 saturated heterocycles. The maximum Gasteiger partial charge on any atom is 0.171 e. The zero-order chi connectivity index (χ0) is 17.1. The molecule has 0 atom stereocenters. The molecule has 2 heterocycles. The van der Waals surface area contributed by atoms with Crippen LogP contribution < -0.4 is 9.64 Å². The lowest BCUT2D eigenvalue weighted by atomic mass is 10.0.